The molecule has 3 aromatic rings. The van der Waals surface area contributed by atoms with E-state index in [1.165, 1.54) is 11.3 Å². The molecule has 0 aliphatic carbocycles. The van der Waals surface area contributed by atoms with Gasteiger partial charge in [0.2, 0.25) is 5.91 Å². The van der Waals surface area contributed by atoms with Crippen molar-refractivity contribution in [2.24, 2.45) is 0 Å². The first-order chi connectivity index (χ1) is 19.2. The van der Waals surface area contributed by atoms with E-state index in [4.69, 9.17) is 4.74 Å². The van der Waals surface area contributed by atoms with E-state index >= 15 is 0 Å². The number of carbonyl (C=O) groups is 2. The van der Waals surface area contributed by atoms with Crippen LogP contribution in [0, 0.1) is 6.92 Å². The SMILES string of the molecule is COc1cc(C)c(Sc2cnc(Nc3ccccn3)s2)cc1C(=O)N1CCCN(C(=O)/C=C/CN(C)C)[C@H](C)C1. The van der Waals surface area contributed by atoms with Crippen molar-refractivity contribution in [2.75, 3.05) is 52.7 Å². The van der Waals surface area contributed by atoms with Gasteiger partial charge < -0.3 is 24.8 Å². The van der Waals surface area contributed by atoms with Crippen molar-refractivity contribution in [3.05, 3.63) is 66.0 Å². The Kier molecular flexibility index (Phi) is 10.2. The Morgan fingerprint density at radius 2 is 2.08 bits per heavy atom. The van der Waals surface area contributed by atoms with Gasteiger partial charge in [0.25, 0.3) is 5.91 Å². The number of pyridine rings is 1. The summed E-state index contributed by atoms with van der Waals surface area (Å²) < 4.78 is 6.62. The number of hydrogen-bond donors (Lipinski definition) is 1. The van der Waals surface area contributed by atoms with Gasteiger partial charge in [0, 0.05) is 49.4 Å². The van der Waals surface area contributed by atoms with E-state index in [-0.39, 0.29) is 17.9 Å². The standard InChI is InChI=1S/C29H36N6O3S2/c1-20-16-23(38-5)22(17-24(20)39-27-18-31-29(40-27)32-25-10-6-7-12-30-25)28(37)34-14-9-15-35(21(2)19-34)26(36)11-8-13-33(3)4/h6-8,10-12,16-18,21H,9,13-15,19H2,1-5H3,(H,30,31,32)/b11-8+/t21-/m1/s1. The number of hydrogen-bond acceptors (Lipinski definition) is 9. The number of aryl methyl sites for hydroxylation is 1. The molecule has 1 fully saturated rings. The quantitative estimate of drug-likeness (QED) is 0.357. The van der Waals surface area contributed by atoms with E-state index in [9.17, 15) is 9.59 Å². The first-order valence-electron chi connectivity index (χ1n) is 13.2. The Hall–Kier alpha value is -3.41. The van der Waals surface area contributed by atoms with Gasteiger partial charge in [0.1, 0.15) is 11.6 Å². The fraction of sp³-hybridized carbons (Fsp3) is 0.379. The molecule has 3 heterocycles. The third-order valence-corrected chi connectivity index (χ3v) is 8.64. The van der Waals surface area contributed by atoms with Crippen molar-refractivity contribution in [1.82, 2.24) is 24.7 Å². The lowest BCUT2D eigenvalue weighted by atomic mass is 10.1. The number of aromatic nitrogens is 2. The molecule has 40 heavy (non-hydrogen) atoms. The number of thiazole rings is 1. The minimum Gasteiger partial charge on any atom is -0.496 e. The Labute approximate surface area is 244 Å². The monoisotopic (exact) mass is 580 g/mol. The lowest BCUT2D eigenvalue weighted by Crippen LogP contribution is -2.43. The van der Waals surface area contributed by atoms with Gasteiger partial charge in [-0.3, -0.25) is 9.59 Å². The highest BCUT2D eigenvalue weighted by Gasteiger charge is 2.29. The number of nitrogens with zero attached hydrogens (tertiary/aromatic N) is 5. The van der Waals surface area contributed by atoms with Crippen LogP contribution >= 0.6 is 23.1 Å². The molecule has 4 rings (SSSR count). The zero-order valence-electron chi connectivity index (χ0n) is 23.6. The third kappa shape index (κ3) is 7.61. The van der Waals surface area contributed by atoms with Crippen LogP contribution in [0.25, 0.3) is 0 Å². The van der Waals surface area contributed by atoms with Gasteiger partial charge in [-0.15, -0.1) is 0 Å². The number of ether oxygens (including phenoxy) is 1. The third-order valence-electron chi connectivity index (χ3n) is 6.47. The molecule has 0 radical (unpaired) electrons. The van der Waals surface area contributed by atoms with Crippen LogP contribution in [0.1, 0.15) is 29.3 Å². The minimum atomic E-state index is -0.101. The summed E-state index contributed by atoms with van der Waals surface area (Å²) in [5, 5.41) is 3.97. The van der Waals surface area contributed by atoms with Crippen LogP contribution in [0.5, 0.6) is 5.75 Å². The van der Waals surface area contributed by atoms with Crippen molar-refractivity contribution < 1.29 is 14.3 Å². The van der Waals surface area contributed by atoms with Crippen LogP contribution in [-0.4, -0.2) is 89.9 Å². The molecule has 1 atom stereocenters. The average molecular weight is 581 g/mol. The number of carbonyl (C=O) groups excluding carboxylic acids is 2. The molecular weight excluding hydrogens is 544 g/mol. The molecule has 212 valence electrons. The summed E-state index contributed by atoms with van der Waals surface area (Å²) in [4.78, 5) is 42.1. The molecule has 0 spiro atoms. The maximum absolute atomic E-state index is 13.8. The minimum absolute atomic E-state index is 0.0169. The predicted octanol–water partition coefficient (Wildman–Crippen LogP) is 4.93. The molecule has 1 saturated heterocycles. The Balaban J connectivity index is 1.48. The first-order valence-corrected chi connectivity index (χ1v) is 14.8. The van der Waals surface area contributed by atoms with Gasteiger partial charge in [0.05, 0.1) is 23.1 Å². The number of rotatable bonds is 9. The summed E-state index contributed by atoms with van der Waals surface area (Å²) in [7, 11) is 5.51. The van der Waals surface area contributed by atoms with Crippen LogP contribution in [0.4, 0.5) is 10.9 Å². The van der Waals surface area contributed by atoms with Gasteiger partial charge >= 0.3 is 0 Å². The lowest BCUT2D eigenvalue weighted by Gasteiger charge is -2.28. The number of methoxy groups -OCH3 is 1. The van der Waals surface area contributed by atoms with Crippen LogP contribution < -0.4 is 10.1 Å². The molecule has 1 aromatic carbocycles. The largest absolute Gasteiger partial charge is 0.496 e. The van der Waals surface area contributed by atoms with Crippen LogP contribution in [-0.2, 0) is 4.79 Å². The van der Waals surface area contributed by atoms with Crippen molar-refractivity contribution in [2.45, 2.75) is 35.4 Å². The summed E-state index contributed by atoms with van der Waals surface area (Å²) in [6.07, 6.45) is 7.78. The van der Waals surface area contributed by atoms with E-state index in [1.54, 1.807) is 31.1 Å². The summed E-state index contributed by atoms with van der Waals surface area (Å²) >= 11 is 3.09. The summed E-state index contributed by atoms with van der Waals surface area (Å²) in [5.41, 5.74) is 1.53. The fourth-order valence-electron chi connectivity index (χ4n) is 4.43. The maximum Gasteiger partial charge on any atom is 0.257 e. The van der Waals surface area contributed by atoms with Crippen LogP contribution in [0.2, 0.25) is 0 Å². The number of benzene rings is 1. The summed E-state index contributed by atoms with van der Waals surface area (Å²) in [5.74, 6) is 1.17. The topological polar surface area (TPSA) is 90.9 Å². The number of nitrogens with one attached hydrogen (secondary N) is 1. The van der Waals surface area contributed by atoms with Gasteiger partial charge in [-0.05, 0) is 64.2 Å². The number of amides is 2. The molecule has 0 bridgehead atoms. The van der Waals surface area contributed by atoms with Crippen LogP contribution in [0.15, 0.2) is 64.0 Å². The predicted molar refractivity (Wildman–Crippen MR) is 161 cm³/mol. The average Bonchev–Trinajstić information content (AvgIpc) is 3.27. The summed E-state index contributed by atoms with van der Waals surface area (Å²) in [6, 6.07) is 9.40. The molecule has 2 aromatic heterocycles. The molecule has 1 N–H and O–H groups in total. The van der Waals surface area contributed by atoms with E-state index in [0.717, 1.165) is 25.6 Å². The van der Waals surface area contributed by atoms with Gasteiger partial charge in [-0.25, -0.2) is 9.97 Å². The normalized spacial score (nSPS) is 15.9. The zero-order chi connectivity index (χ0) is 28.6. The molecule has 0 unspecified atom stereocenters. The second-order valence-corrected chi connectivity index (χ2v) is 12.3. The lowest BCUT2D eigenvalue weighted by molar-refractivity contribution is -0.127. The Bertz CT molecular complexity index is 1340. The van der Waals surface area contributed by atoms with Crippen molar-refractivity contribution in [1.29, 1.82) is 0 Å². The molecule has 9 nitrogen and oxygen atoms in total. The number of anilines is 2. The molecule has 2 amide bonds. The van der Waals surface area contributed by atoms with E-state index < -0.39 is 0 Å². The van der Waals surface area contributed by atoms with Gasteiger partial charge in [-0.1, -0.05) is 35.2 Å². The molecule has 1 aliphatic rings. The Morgan fingerprint density at radius 1 is 1.25 bits per heavy atom. The Morgan fingerprint density at radius 3 is 2.80 bits per heavy atom. The highest BCUT2D eigenvalue weighted by atomic mass is 32.2. The fourth-order valence-corrected chi connectivity index (χ4v) is 6.38. The molecule has 1 aliphatic heterocycles. The maximum atomic E-state index is 13.8. The van der Waals surface area contributed by atoms with Gasteiger partial charge in [0.15, 0.2) is 5.13 Å². The second-order valence-electron chi connectivity index (χ2n) is 9.89. The smallest absolute Gasteiger partial charge is 0.257 e. The van der Waals surface area contributed by atoms with Gasteiger partial charge in [-0.2, -0.15) is 0 Å². The molecule has 11 heteroatoms. The van der Waals surface area contributed by atoms with Crippen molar-refractivity contribution >= 4 is 45.9 Å². The zero-order valence-corrected chi connectivity index (χ0v) is 25.2. The highest BCUT2D eigenvalue weighted by Crippen LogP contribution is 2.39. The summed E-state index contributed by atoms with van der Waals surface area (Å²) in [6.45, 7) is 6.36. The second kappa shape index (κ2) is 13.8. The van der Waals surface area contributed by atoms with Crippen molar-refractivity contribution in [3.8, 4) is 5.75 Å². The molecule has 0 saturated carbocycles. The van der Waals surface area contributed by atoms with Crippen molar-refractivity contribution in [3.63, 3.8) is 0 Å². The highest BCUT2D eigenvalue weighted by molar-refractivity contribution is 8.01. The van der Waals surface area contributed by atoms with E-state index in [0.29, 0.717) is 43.9 Å². The van der Waals surface area contributed by atoms with E-state index in [1.807, 2.05) is 85.2 Å². The van der Waals surface area contributed by atoms with Crippen LogP contribution in [0.3, 0.4) is 0 Å². The van der Waals surface area contributed by atoms with E-state index in [2.05, 4.69) is 15.3 Å². The molecular formula is C29H36N6O3S2. The number of likely N-dealkylation sites (N-methyl/N-ethyl adjacent to an activating group) is 1. The first kappa shape index (κ1) is 29.6.